The third kappa shape index (κ3) is 2.54. The number of carbonyl (C=O) groups excluding carboxylic acids is 1. The molecular weight excluding hydrogens is 238 g/mol. The Bertz CT molecular complexity index is 351. The van der Waals surface area contributed by atoms with Crippen molar-refractivity contribution in [3.05, 3.63) is 0 Å². The maximum Gasteiger partial charge on any atom is 0.222 e. The summed E-state index contributed by atoms with van der Waals surface area (Å²) in [6.45, 7) is 11.6. The number of rotatable bonds is 5. The van der Waals surface area contributed by atoms with Crippen molar-refractivity contribution in [1.82, 2.24) is 5.32 Å². The van der Waals surface area contributed by atoms with Gasteiger partial charge in [0, 0.05) is 12.5 Å². The van der Waals surface area contributed by atoms with Crippen LogP contribution in [0.2, 0.25) is 0 Å². The molecule has 0 aromatic rings. The van der Waals surface area contributed by atoms with E-state index in [1.807, 2.05) is 13.8 Å². The van der Waals surface area contributed by atoms with E-state index in [-0.39, 0.29) is 17.4 Å². The predicted octanol–water partition coefficient (Wildman–Crippen LogP) is 3.13. The van der Waals surface area contributed by atoms with Crippen LogP contribution in [0.4, 0.5) is 0 Å². The molecule has 2 bridgehead atoms. The molecule has 3 unspecified atom stereocenters. The molecule has 2 saturated carbocycles. The summed E-state index contributed by atoms with van der Waals surface area (Å²) in [5, 5.41) is 3.26. The first-order valence-corrected chi connectivity index (χ1v) is 7.68. The first-order valence-electron chi connectivity index (χ1n) is 7.68. The molecule has 0 aromatic carbocycles. The molecule has 2 fully saturated rings. The van der Waals surface area contributed by atoms with Crippen molar-refractivity contribution in [2.45, 2.75) is 72.4 Å². The van der Waals surface area contributed by atoms with E-state index in [4.69, 9.17) is 4.74 Å². The molecule has 0 spiro atoms. The molecule has 0 heterocycles. The third-order valence-electron chi connectivity index (χ3n) is 5.91. The molecule has 0 radical (unpaired) electrons. The van der Waals surface area contributed by atoms with E-state index in [0.717, 1.165) is 12.3 Å². The van der Waals surface area contributed by atoms with Gasteiger partial charge in [-0.2, -0.15) is 0 Å². The lowest BCUT2D eigenvalue weighted by Gasteiger charge is -2.39. The van der Waals surface area contributed by atoms with Crippen molar-refractivity contribution >= 4 is 5.91 Å². The SMILES string of the molecule is CC(C)OCCC(=O)NC1CC2CCC1(C)C2(C)C. The van der Waals surface area contributed by atoms with Crippen molar-refractivity contribution in [1.29, 1.82) is 0 Å². The highest BCUT2D eigenvalue weighted by Crippen LogP contribution is 2.65. The van der Waals surface area contributed by atoms with Crippen LogP contribution >= 0.6 is 0 Å². The highest BCUT2D eigenvalue weighted by molar-refractivity contribution is 5.76. The zero-order valence-electron chi connectivity index (χ0n) is 13.1. The minimum Gasteiger partial charge on any atom is -0.378 e. The van der Waals surface area contributed by atoms with Gasteiger partial charge in [0.25, 0.3) is 0 Å². The first kappa shape index (κ1) is 14.8. The lowest BCUT2D eigenvalue weighted by Crippen LogP contribution is -2.47. The van der Waals surface area contributed by atoms with Crippen molar-refractivity contribution in [2.75, 3.05) is 6.61 Å². The van der Waals surface area contributed by atoms with E-state index >= 15 is 0 Å². The molecule has 0 aromatic heterocycles. The fraction of sp³-hybridized carbons (Fsp3) is 0.938. The number of ether oxygens (including phenoxy) is 1. The van der Waals surface area contributed by atoms with Crippen LogP contribution in [0.3, 0.4) is 0 Å². The van der Waals surface area contributed by atoms with E-state index in [9.17, 15) is 4.79 Å². The number of carbonyl (C=O) groups is 1. The van der Waals surface area contributed by atoms with Gasteiger partial charge in [0.2, 0.25) is 5.91 Å². The smallest absolute Gasteiger partial charge is 0.222 e. The van der Waals surface area contributed by atoms with Crippen LogP contribution in [0.25, 0.3) is 0 Å². The Morgan fingerprint density at radius 3 is 2.53 bits per heavy atom. The monoisotopic (exact) mass is 267 g/mol. The Morgan fingerprint density at radius 2 is 2.05 bits per heavy atom. The maximum absolute atomic E-state index is 12.0. The summed E-state index contributed by atoms with van der Waals surface area (Å²) >= 11 is 0. The molecule has 0 saturated heterocycles. The zero-order chi connectivity index (χ0) is 14.3. The second-order valence-corrected chi connectivity index (χ2v) is 7.40. The van der Waals surface area contributed by atoms with E-state index in [0.29, 0.717) is 24.5 Å². The molecule has 1 N–H and O–H groups in total. The number of hydrogen-bond acceptors (Lipinski definition) is 2. The first-order chi connectivity index (χ1) is 8.77. The average molecular weight is 267 g/mol. The van der Waals surface area contributed by atoms with Crippen molar-refractivity contribution in [3.63, 3.8) is 0 Å². The molecule has 2 rings (SSSR count). The van der Waals surface area contributed by atoms with Gasteiger partial charge in [0.15, 0.2) is 0 Å². The Balaban J connectivity index is 1.86. The van der Waals surface area contributed by atoms with Crippen LogP contribution in [0, 0.1) is 16.7 Å². The minimum absolute atomic E-state index is 0.148. The normalized spacial score (nSPS) is 35.9. The van der Waals surface area contributed by atoms with E-state index in [1.54, 1.807) is 0 Å². The van der Waals surface area contributed by atoms with Gasteiger partial charge in [-0.3, -0.25) is 4.79 Å². The topological polar surface area (TPSA) is 38.3 Å². The summed E-state index contributed by atoms with van der Waals surface area (Å²) in [7, 11) is 0. The Hall–Kier alpha value is -0.570. The van der Waals surface area contributed by atoms with Crippen LogP contribution in [0.5, 0.6) is 0 Å². The minimum atomic E-state index is 0.148. The summed E-state index contributed by atoms with van der Waals surface area (Å²) in [5.74, 6) is 0.921. The summed E-state index contributed by atoms with van der Waals surface area (Å²) in [5.41, 5.74) is 0.631. The van der Waals surface area contributed by atoms with Gasteiger partial charge in [0.05, 0.1) is 12.7 Å². The highest BCUT2D eigenvalue weighted by Gasteiger charge is 2.61. The molecule has 1 amide bonds. The molecule has 110 valence electrons. The predicted molar refractivity (Wildman–Crippen MR) is 76.9 cm³/mol. The van der Waals surface area contributed by atoms with Gasteiger partial charge >= 0.3 is 0 Å². The highest BCUT2D eigenvalue weighted by atomic mass is 16.5. The number of nitrogens with one attached hydrogen (secondary N) is 1. The summed E-state index contributed by atoms with van der Waals surface area (Å²) in [6, 6.07) is 0.354. The van der Waals surface area contributed by atoms with E-state index in [2.05, 4.69) is 26.1 Å². The summed E-state index contributed by atoms with van der Waals surface area (Å²) < 4.78 is 5.44. The van der Waals surface area contributed by atoms with Gasteiger partial charge in [-0.05, 0) is 49.9 Å². The van der Waals surface area contributed by atoms with Crippen LogP contribution in [0.15, 0.2) is 0 Å². The van der Waals surface area contributed by atoms with Crippen LogP contribution in [-0.4, -0.2) is 24.7 Å². The fourth-order valence-corrected chi connectivity index (χ4v) is 4.08. The largest absolute Gasteiger partial charge is 0.378 e. The lowest BCUT2D eigenvalue weighted by atomic mass is 9.69. The van der Waals surface area contributed by atoms with E-state index in [1.165, 1.54) is 12.8 Å². The molecule has 3 heteroatoms. The Labute approximate surface area is 117 Å². The number of hydrogen-bond donors (Lipinski definition) is 1. The van der Waals surface area contributed by atoms with Crippen LogP contribution < -0.4 is 5.32 Å². The van der Waals surface area contributed by atoms with Crippen molar-refractivity contribution < 1.29 is 9.53 Å². The molecular formula is C16H29NO2. The molecule has 19 heavy (non-hydrogen) atoms. The molecule has 3 atom stereocenters. The second kappa shape index (κ2) is 5.08. The molecule has 2 aliphatic carbocycles. The summed E-state index contributed by atoms with van der Waals surface area (Å²) in [6.07, 6.45) is 4.41. The van der Waals surface area contributed by atoms with Gasteiger partial charge in [0.1, 0.15) is 0 Å². The maximum atomic E-state index is 12.0. The third-order valence-corrected chi connectivity index (χ3v) is 5.91. The number of fused-ring (bicyclic) bond motifs is 2. The van der Waals surface area contributed by atoms with Crippen LogP contribution in [-0.2, 0) is 9.53 Å². The van der Waals surface area contributed by atoms with Gasteiger partial charge < -0.3 is 10.1 Å². The fourth-order valence-electron chi connectivity index (χ4n) is 4.08. The van der Waals surface area contributed by atoms with E-state index < -0.39 is 0 Å². The standard InChI is InChI=1S/C16H29NO2/c1-11(2)19-9-7-14(18)17-13-10-12-6-8-16(13,5)15(12,3)4/h11-13H,6-10H2,1-5H3,(H,17,18). The average Bonchev–Trinajstić information content (AvgIpc) is 2.61. The molecule has 0 aliphatic heterocycles. The quantitative estimate of drug-likeness (QED) is 0.831. The van der Waals surface area contributed by atoms with Crippen molar-refractivity contribution in [2.24, 2.45) is 16.7 Å². The van der Waals surface area contributed by atoms with Gasteiger partial charge in [-0.1, -0.05) is 20.8 Å². The van der Waals surface area contributed by atoms with Crippen molar-refractivity contribution in [3.8, 4) is 0 Å². The Morgan fingerprint density at radius 1 is 1.37 bits per heavy atom. The Kier molecular flexibility index (Phi) is 3.97. The number of amides is 1. The molecule has 3 nitrogen and oxygen atoms in total. The lowest BCUT2D eigenvalue weighted by molar-refractivity contribution is -0.124. The second-order valence-electron chi connectivity index (χ2n) is 7.40. The van der Waals surface area contributed by atoms with Gasteiger partial charge in [-0.15, -0.1) is 0 Å². The van der Waals surface area contributed by atoms with Gasteiger partial charge in [-0.25, -0.2) is 0 Å². The zero-order valence-corrected chi connectivity index (χ0v) is 13.1. The molecule has 2 aliphatic rings. The summed E-state index contributed by atoms with van der Waals surface area (Å²) in [4.78, 5) is 12.0. The van der Waals surface area contributed by atoms with Crippen LogP contribution in [0.1, 0.15) is 60.3 Å².